The van der Waals surface area contributed by atoms with E-state index in [9.17, 15) is 14.4 Å². The lowest BCUT2D eigenvalue weighted by atomic mass is 9.89. The molecule has 0 saturated heterocycles. The van der Waals surface area contributed by atoms with Crippen LogP contribution >= 0.6 is 0 Å². The normalized spacial score (nSPS) is 12.9. The van der Waals surface area contributed by atoms with Crippen LogP contribution in [0.4, 0.5) is 0 Å². The van der Waals surface area contributed by atoms with E-state index in [1.165, 1.54) is 37.0 Å². The number of esters is 2. The molecule has 0 spiro atoms. The summed E-state index contributed by atoms with van der Waals surface area (Å²) in [5.41, 5.74) is 3.63. The zero-order chi connectivity index (χ0) is 19.2. The van der Waals surface area contributed by atoms with E-state index in [1.807, 2.05) is 18.2 Å². The van der Waals surface area contributed by atoms with Gasteiger partial charge >= 0.3 is 11.9 Å². The van der Waals surface area contributed by atoms with Gasteiger partial charge in [0.25, 0.3) is 0 Å². The van der Waals surface area contributed by atoms with E-state index in [-0.39, 0.29) is 31.0 Å². The van der Waals surface area contributed by atoms with Gasteiger partial charge in [-0.3, -0.25) is 9.59 Å². The molecule has 1 aliphatic rings. The van der Waals surface area contributed by atoms with Gasteiger partial charge in [-0.25, -0.2) is 4.79 Å². The highest BCUT2D eigenvalue weighted by Gasteiger charge is 2.18. The number of rotatable bonds is 7. The molecule has 0 aliphatic heterocycles. The van der Waals surface area contributed by atoms with Crippen LogP contribution < -0.4 is 0 Å². The number of carbonyl (C=O) groups excluding carboxylic acids is 3. The smallest absolute Gasteiger partial charge is 0.374 e. The summed E-state index contributed by atoms with van der Waals surface area (Å²) in [6.45, 7) is -0.104. The molecule has 6 heteroatoms. The second-order valence-corrected chi connectivity index (χ2v) is 6.54. The number of ketones is 1. The predicted octanol–water partition coefficient (Wildman–Crippen LogP) is 3.65. The third-order valence-electron chi connectivity index (χ3n) is 4.73. The standard InChI is InChI=1S/C21H22O6/c1-25-21(24)20-17(10-11-26-20)13-27-19(23)9-8-18(22)16-7-6-14-4-2-3-5-15(14)12-16/h6-7,10-12H,2-5,8-9,13H2,1H3. The van der Waals surface area contributed by atoms with Crippen molar-refractivity contribution < 1.29 is 28.3 Å². The molecule has 6 nitrogen and oxygen atoms in total. The Morgan fingerprint density at radius 3 is 2.59 bits per heavy atom. The maximum atomic E-state index is 12.4. The molecule has 0 bridgehead atoms. The Labute approximate surface area is 157 Å². The molecular formula is C21H22O6. The molecule has 0 unspecified atom stereocenters. The van der Waals surface area contributed by atoms with E-state index in [1.54, 1.807) is 0 Å². The molecule has 2 aromatic rings. The lowest BCUT2D eigenvalue weighted by Gasteiger charge is -2.16. The molecule has 1 heterocycles. The zero-order valence-electron chi connectivity index (χ0n) is 15.3. The number of furan rings is 1. The second kappa shape index (κ2) is 8.66. The van der Waals surface area contributed by atoms with E-state index < -0.39 is 11.9 Å². The van der Waals surface area contributed by atoms with E-state index in [4.69, 9.17) is 9.15 Å². The van der Waals surface area contributed by atoms with Gasteiger partial charge in [0.15, 0.2) is 5.78 Å². The van der Waals surface area contributed by atoms with Crippen molar-refractivity contribution in [3.8, 4) is 0 Å². The van der Waals surface area contributed by atoms with Crippen LogP contribution in [0.3, 0.4) is 0 Å². The largest absolute Gasteiger partial charge is 0.463 e. The van der Waals surface area contributed by atoms with Crippen LogP contribution in [0, 0.1) is 0 Å². The summed E-state index contributed by atoms with van der Waals surface area (Å²) in [5.74, 6) is -1.19. The highest BCUT2D eigenvalue weighted by Crippen LogP contribution is 2.23. The van der Waals surface area contributed by atoms with Crippen molar-refractivity contribution in [1.29, 1.82) is 0 Å². The van der Waals surface area contributed by atoms with Crippen molar-refractivity contribution in [2.75, 3.05) is 7.11 Å². The maximum absolute atomic E-state index is 12.4. The molecule has 1 aliphatic carbocycles. The molecule has 0 radical (unpaired) electrons. The Morgan fingerprint density at radius 1 is 1.04 bits per heavy atom. The molecule has 1 aromatic carbocycles. The molecule has 27 heavy (non-hydrogen) atoms. The van der Waals surface area contributed by atoms with Crippen LogP contribution in [-0.4, -0.2) is 24.8 Å². The summed E-state index contributed by atoms with van der Waals surface area (Å²) in [7, 11) is 1.24. The number of benzene rings is 1. The Kier molecular flexibility index (Phi) is 6.06. The number of methoxy groups -OCH3 is 1. The van der Waals surface area contributed by atoms with Crippen LogP contribution in [0.2, 0.25) is 0 Å². The van der Waals surface area contributed by atoms with E-state index >= 15 is 0 Å². The molecule has 1 aromatic heterocycles. The van der Waals surface area contributed by atoms with E-state index in [0.717, 1.165) is 19.3 Å². The molecule has 0 N–H and O–H groups in total. The van der Waals surface area contributed by atoms with E-state index in [2.05, 4.69) is 4.74 Å². The number of hydrogen-bond donors (Lipinski definition) is 0. The number of aryl methyl sites for hydroxylation is 2. The van der Waals surface area contributed by atoms with Crippen LogP contribution in [0.25, 0.3) is 0 Å². The van der Waals surface area contributed by atoms with Gasteiger partial charge in [0.1, 0.15) is 6.61 Å². The second-order valence-electron chi connectivity index (χ2n) is 6.54. The molecular weight excluding hydrogens is 348 g/mol. The first-order valence-corrected chi connectivity index (χ1v) is 9.04. The first kappa shape index (κ1) is 18.9. The van der Waals surface area contributed by atoms with Gasteiger partial charge in [-0.2, -0.15) is 0 Å². The van der Waals surface area contributed by atoms with Gasteiger partial charge in [0.2, 0.25) is 5.76 Å². The zero-order valence-corrected chi connectivity index (χ0v) is 15.3. The number of fused-ring (bicyclic) bond motifs is 1. The van der Waals surface area contributed by atoms with Crippen molar-refractivity contribution in [3.63, 3.8) is 0 Å². The first-order valence-electron chi connectivity index (χ1n) is 9.04. The fraction of sp³-hybridized carbons (Fsp3) is 0.381. The van der Waals surface area contributed by atoms with Gasteiger partial charge in [0.05, 0.1) is 19.8 Å². The van der Waals surface area contributed by atoms with Crippen molar-refractivity contribution in [3.05, 3.63) is 58.5 Å². The average molecular weight is 370 g/mol. The van der Waals surface area contributed by atoms with Crippen LogP contribution in [0.5, 0.6) is 0 Å². The summed E-state index contributed by atoms with van der Waals surface area (Å²) in [6.07, 6.45) is 5.83. The third kappa shape index (κ3) is 4.64. The van der Waals surface area contributed by atoms with Gasteiger partial charge in [0, 0.05) is 17.5 Å². The minimum Gasteiger partial charge on any atom is -0.463 e. The van der Waals surface area contributed by atoms with Gasteiger partial charge in [-0.05, 0) is 48.9 Å². The quantitative estimate of drug-likeness (QED) is 0.546. The summed E-state index contributed by atoms with van der Waals surface area (Å²) < 4.78 is 14.8. The van der Waals surface area contributed by atoms with Crippen molar-refractivity contribution >= 4 is 17.7 Å². The SMILES string of the molecule is COC(=O)c1occc1COC(=O)CCC(=O)c1ccc2c(c1)CCCC2. The number of carbonyl (C=O) groups is 3. The molecule has 0 saturated carbocycles. The number of ether oxygens (including phenoxy) is 2. The average Bonchev–Trinajstić information content (AvgIpc) is 3.18. The van der Waals surface area contributed by atoms with Crippen LogP contribution in [0.15, 0.2) is 34.9 Å². The van der Waals surface area contributed by atoms with Crippen molar-refractivity contribution in [2.45, 2.75) is 45.1 Å². The van der Waals surface area contributed by atoms with Gasteiger partial charge < -0.3 is 13.9 Å². The maximum Gasteiger partial charge on any atom is 0.374 e. The minimum absolute atomic E-state index is 0.00966. The number of hydrogen-bond acceptors (Lipinski definition) is 6. The Bertz CT molecular complexity index is 848. The van der Waals surface area contributed by atoms with Crippen molar-refractivity contribution in [1.82, 2.24) is 0 Å². The van der Waals surface area contributed by atoms with Gasteiger partial charge in [-0.15, -0.1) is 0 Å². The monoisotopic (exact) mass is 370 g/mol. The summed E-state index contributed by atoms with van der Waals surface area (Å²) in [4.78, 5) is 35.8. The fourth-order valence-corrected chi connectivity index (χ4v) is 3.22. The van der Waals surface area contributed by atoms with Crippen LogP contribution in [-0.2, 0) is 33.7 Å². The van der Waals surface area contributed by atoms with E-state index in [0.29, 0.717) is 11.1 Å². The third-order valence-corrected chi connectivity index (χ3v) is 4.73. The number of Topliss-reactive ketones (excluding diaryl/α,β-unsaturated/α-hetero) is 1. The molecule has 3 rings (SSSR count). The van der Waals surface area contributed by atoms with Crippen molar-refractivity contribution in [2.24, 2.45) is 0 Å². The predicted molar refractivity (Wildman–Crippen MR) is 96.5 cm³/mol. The summed E-state index contributed by atoms with van der Waals surface area (Å²) >= 11 is 0. The Balaban J connectivity index is 1.50. The molecule has 0 fully saturated rings. The van der Waals surface area contributed by atoms with Crippen LogP contribution in [0.1, 0.15) is 63.3 Å². The molecule has 142 valence electrons. The Morgan fingerprint density at radius 2 is 1.81 bits per heavy atom. The minimum atomic E-state index is -0.631. The van der Waals surface area contributed by atoms with Gasteiger partial charge in [-0.1, -0.05) is 12.1 Å². The summed E-state index contributed by atoms with van der Waals surface area (Å²) in [5, 5.41) is 0. The molecule has 0 atom stereocenters. The lowest BCUT2D eigenvalue weighted by molar-refractivity contribution is -0.144. The summed E-state index contributed by atoms with van der Waals surface area (Å²) in [6, 6.07) is 7.35. The fourth-order valence-electron chi connectivity index (χ4n) is 3.22. The Hall–Kier alpha value is -2.89. The highest BCUT2D eigenvalue weighted by atomic mass is 16.5. The lowest BCUT2D eigenvalue weighted by Crippen LogP contribution is -2.11. The highest BCUT2D eigenvalue weighted by molar-refractivity contribution is 5.97. The first-order chi connectivity index (χ1) is 13.1. The topological polar surface area (TPSA) is 82.8 Å². The molecule has 0 amide bonds.